The lowest BCUT2D eigenvalue weighted by atomic mass is 9.96. The molecule has 0 aromatic heterocycles. The average molecular weight is 488 g/mol. The van der Waals surface area contributed by atoms with Crippen LogP contribution < -0.4 is 20.1 Å². The van der Waals surface area contributed by atoms with Crippen molar-refractivity contribution in [1.82, 2.24) is 10.2 Å². The van der Waals surface area contributed by atoms with Gasteiger partial charge in [0.25, 0.3) is 0 Å². The Morgan fingerprint density at radius 2 is 1.71 bits per heavy atom. The molecule has 1 fully saturated rings. The van der Waals surface area contributed by atoms with Crippen molar-refractivity contribution < 1.29 is 19.1 Å². The van der Waals surface area contributed by atoms with E-state index in [2.05, 4.69) is 31.5 Å². The normalized spacial score (nSPS) is 16.5. The molecule has 2 amide bonds. The molecule has 0 radical (unpaired) electrons. The smallest absolute Gasteiger partial charge is 0.238 e. The number of hydrogen-bond donors (Lipinski definition) is 2. The SMILES string of the molecule is O=C(CN1CCC(C(=O)NCc2ccccc2)CC1)Nc1cc2c(cc1Br)OCCO2. The van der Waals surface area contributed by atoms with E-state index in [0.717, 1.165) is 36.0 Å². The fourth-order valence-electron chi connectivity index (χ4n) is 3.84. The second kappa shape index (κ2) is 10.2. The number of hydrogen-bond acceptors (Lipinski definition) is 5. The molecule has 2 N–H and O–H groups in total. The molecule has 2 aromatic rings. The molecule has 0 spiro atoms. The Balaban J connectivity index is 1.22. The number of halogens is 1. The molecule has 0 saturated carbocycles. The number of anilines is 1. The number of fused-ring (bicyclic) bond motifs is 1. The van der Waals surface area contributed by atoms with Crippen molar-refractivity contribution in [1.29, 1.82) is 0 Å². The van der Waals surface area contributed by atoms with Crippen LogP contribution in [0.5, 0.6) is 11.5 Å². The highest BCUT2D eigenvalue weighted by atomic mass is 79.9. The van der Waals surface area contributed by atoms with Gasteiger partial charge in [0.1, 0.15) is 13.2 Å². The Morgan fingerprint density at radius 3 is 2.42 bits per heavy atom. The molecule has 0 unspecified atom stereocenters. The summed E-state index contributed by atoms with van der Waals surface area (Å²) in [5.41, 5.74) is 1.75. The first-order valence-corrected chi connectivity index (χ1v) is 11.3. The van der Waals surface area contributed by atoms with Gasteiger partial charge in [0.05, 0.1) is 12.2 Å². The Kier molecular flexibility index (Phi) is 7.09. The van der Waals surface area contributed by atoms with Crippen LogP contribution in [0.3, 0.4) is 0 Å². The van der Waals surface area contributed by atoms with Crippen LogP contribution in [-0.4, -0.2) is 49.6 Å². The molecule has 2 aliphatic rings. The predicted molar refractivity (Wildman–Crippen MR) is 121 cm³/mol. The molecule has 2 heterocycles. The highest BCUT2D eigenvalue weighted by Crippen LogP contribution is 2.38. The minimum absolute atomic E-state index is 0.00466. The number of nitrogens with zero attached hydrogens (tertiary/aromatic N) is 1. The van der Waals surface area contributed by atoms with Gasteiger partial charge in [-0.1, -0.05) is 30.3 Å². The van der Waals surface area contributed by atoms with E-state index in [1.807, 2.05) is 36.4 Å². The number of carbonyl (C=O) groups excluding carboxylic acids is 2. The Bertz CT molecular complexity index is 930. The quantitative estimate of drug-likeness (QED) is 0.653. The lowest BCUT2D eigenvalue weighted by Gasteiger charge is -2.30. The molecular formula is C23H26BrN3O4. The third-order valence-corrected chi connectivity index (χ3v) is 6.20. The van der Waals surface area contributed by atoms with Crippen LogP contribution in [0.4, 0.5) is 5.69 Å². The molecule has 0 aliphatic carbocycles. The third kappa shape index (κ3) is 5.77. The first-order valence-electron chi connectivity index (χ1n) is 10.5. The molecule has 2 aromatic carbocycles. The van der Waals surface area contributed by atoms with Gasteiger partial charge in [-0.05, 0) is 47.4 Å². The van der Waals surface area contributed by atoms with E-state index in [1.54, 1.807) is 6.07 Å². The maximum absolute atomic E-state index is 12.6. The lowest BCUT2D eigenvalue weighted by Crippen LogP contribution is -2.43. The first-order chi connectivity index (χ1) is 15.1. The number of nitrogens with one attached hydrogen (secondary N) is 2. The van der Waals surface area contributed by atoms with Crippen molar-refractivity contribution in [3.63, 3.8) is 0 Å². The second-order valence-corrected chi connectivity index (χ2v) is 8.63. The minimum Gasteiger partial charge on any atom is -0.486 e. The van der Waals surface area contributed by atoms with Crippen LogP contribution in [0.1, 0.15) is 18.4 Å². The molecule has 0 atom stereocenters. The van der Waals surface area contributed by atoms with E-state index >= 15 is 0 Å². The molecule has 8 heteroatoms. The van der Waals surface area contributed by atoms with E-state index in [0.29, 0.717) is 43.5 Å². The number of piperidine rings is 1. The van der Waals surface area contributed by atoms with Gasteiger partial charge in [0.2, 0.25) is 11.8 Å². The maximum atomic E-state index is 12.6. The van der Waals surface area contributed by atoms with Crippen molar-refractivity contribution >= 4 is 33.4 Å². The van der Waals surface area contributed by atoms with Crippen LogP contribution >= 0.6 is 15.9 Å². The van der Waals surface area contributed by atoms with Crippen LogP contribution in [0.25, 0.3) is 0 Å². The molecule has 7 nitrogen and oxygen atoms in total. The molecule has 4 rings (SSSR count). The Labute approximate surface area is 190 Å². The van der Waals surface area contributed by atoms with E-state index in [9.17, 15) is 9.59 Å². The Hall–Kier alpha value is -2.58. The van der Waals surface area contributed by atoms with Crippen molar-refractivity contribution in [3.05, 3.63) is 52.5 Å². The summed E-state index contributed by atoms with van der Waals surface area (Å²) in [7, 11) is 0. The van der Waals surface area contributed by atoms with Crippen LogP contribution in [0, 0.1) is 5.92 Å². The van der Waals surface area contributed by atoms with Gasteiger partial charge in [-0.3, -0.25) is 14.5 Å². The van der Waals surface area contributed by atoms with Crippen molar-refractivity contribution in [2.24, 2.45) is 5.92 Å². The summed E-state index contributed by atoms with van der Waals surface area (Å²) in [5.74, 6) is 1.29. The number of benzene rings is 2. The number of amides is 2. The molecule has 31 heavy (non-hydrogen) atoms. The van der Waals surface area contributed by atoms with Gasteiger partial charge in [-0.25, -0.2) is 0 Å². The molecular weight excluding hydrogens is 462 g/mol. The summed E-state index contributed by atoms with van der Waals surface area (Å²) in [6.45, 7) is 3.30. The van der Waals surface area contributed by atoms with Crippen LogP contribution in [-0.2, 0) is 16.1 Å². The standard InChI is InChI=1S/C23H26BrN3O4/c24-18-12-20-21(31-11-10-30-20)13-19(18)26-22(28)15-27-8-6-17(7-9-27)23(29)25-14-16-4-2-1-3-5-16/h1-5,12-13,17H,6-11,14-15H2,(H,25,29)(H,26,28). The maximum Gasteiger partial charge on any atom is 0.238 e. The molecule has 164 valence electrons. The monoisotopic (exact) mass is 487 g/mol. The topological polar surface area (TPSA) is 79.9 Å². The van der Waals surface area contributed by atoms with Gasteiger partial charge in [-0.15, -0.1) is 0 Å². The van der Waals surface area contributed by atoms with Crippen molar-refractivity contribution in [3.8, 4) is 11.5 Å². The van der Waals surface area contributed by atoms with Crippen LogP contribution in [0.2, 0.25) is 0 Å². The van der Waals surface area contributed by atoms with Gasteiger partial charge < -0.3 is 20.1 Å². The van der Waals surface area contributed by atoms with Gasteiger partial charge in [0, 0.05) is 29.1 Å². The van der Waals surface area contributed by atoms with Crippen molar-refractivity contribution in [2.75, 3.05) is 38.2 Å². The number of carbonyl (C=O) groups is 2. The van der Waals surface area contributed by atoms with Gasteiger partial charge >= 0.3 is 0 Å². The zero-order chi connectivity index (χ0) is 21.6. The summed E-state index contributed by atoms with van der Waals surface area (Å²) >= 11 is 3.48. The number of rotatable bonds is 6. The third-order valence-electron chi connectivity index (χ3n) is 5.54. The van der Waals surface area contributed by atoms with E-state index in [-0.39, 0.29) is 17.7 Å². The van der Waals surface area contributed by atoms with Crippen molar-refractivity contribution in [2.45, 2.75) is 19.4 Å². The Morgan fingerprint density at radius 1 is 1.03 bits per heavy atom. The summed E-state index contributed by atoms with van der Waals surface area (Å²) < 4.78 is 11.9. The lowest BCUT2D eigenvalue weighted by molar-refractivity contribution is -0.126. The zero-order valence-corrected chi connectivity index (χ0v) is 18.8. The zero-order valence-electron chi connectivity index (χ0n) is 17.2. The predicted octanol–water partition coefficient (Wildman–Crippen LogP) is 3.19. The van der Waals surface area contributed by atoms with Gasteiger partial charge in [0.15, 0.2) is 11.5 Å². The molecule has 2 aliphatic heterocycles. The average Bonchev–Trinajstić information content (AvgIpc) is 2.79. The highest BCUT2D eigenvalue weighted by Gasteiger charge is 2.26. The summed E-state index contributed by atoms with van der Waals surface area (Å²) in [6, 6.07) is 13.5. The summed E-state index contributed by atoms with van der Waals surface area (Å²) in [5, 5.41) is 5.96. The fraction of sp³-hybridized carbons (Fsp3) is 0.391. The number of likely N-dealkylation sites (tertiary alicyclic amines) is 1. The van der Waals surface area contributed by atoms with E-state index in [4.69, 9.17) is 9.47 Å². The minimum atomic E-state index is -0.0932. The van der Waals surface area contributed by atoms with Gasteiger partial charge in [-0.2, -0.15) is 0 Å². The van der Waals surface area contributed by atoms with E-state index in [1.165, 1.54) is 0 Å². The summed E-state index contributed by atoms with van der Waals surface area (Å²) in [4.78, 5) is 27.1. The second-order valence-electron chi connectivity index (χ2n) is 7.78. The highest BCUT2D eigenvalue weighted by molar-refractivity contribution is 9.10. The van der Waals surface area contributed by atoms with E-state index < -0.39 is 0 Å². The first kappa shape index (κ1) is 21.6. The fourth-order valence-corrected chi connectivity index (χ4v) is 4.26. The largest absolute Gasteiger partial charge is 0.486 e. The number of ether oxygens (including phenoxy) is 2. The van der Waals surface area contributed by atoms with Crippen LogP contribution in [0.15, 0.2) is 46.9 Å². The molecule has 0 bridgehead atoms. The summed E-state index contributed by atoms with van der Waals surface area (Å²) in [6.07, 6.45) is 1.50. The molecule has 1 saturated heterocycles.